The second-order valence-corrected chi connectivity index (χ2v) is 10.3. The fourth-order valence-electron chi connectivity index (χ4n) is 4.17. The van der Waals surface area contributed by atoms with Crippen LogP contribution < -0.4 is 39.5 Å². The van der Waals surface area contributed by atoms with Crippen molar-refractivity contribution >= 4 is 51.8 Å². The number of aromatic nitrogens is 8. The predicted molar refractivity (Wildman–Crippen MR) is 165 cm³/mol. The van der Waals surface area contributed by atoms with Crippen LogP contribution in [0.15, 0.2) is 62.9 Å². The number of anilines is 1. The lowest BCUT2D eigenvalue weighted by Crippen LogP contribution is -2.40. The summed E-state index contributed by atoms with van der Waals surface area (Å²) in [5.74, 6) is 0.0565. The maximum Gasteiger partial charge on any atom is 0.332 e. The third-order valence-electron chi connectivity index (χ3n) is 6.81. The highest BCUT2D eigenvalue weighted by Crippen LogP contribution is 2.20. The van der Waals surface area contributed by atoms with Crippen LogP contribution in [-0.4, -0.2) is 49.8 Å². The van der Waals surface area contributed by atoms with Gasteiger partial charge in [0.05, 0.1) is 0 Å². The second-order valence-electron chi connectivity index (χ2n) is 9.42. The maximum absolute atomic E-state index is 12.2. The van der Waals surface area contributed by atoms with Crippen molar-refractivity contribution in [2.75, 3.05) is 12.0 Å². The Balaban J connectivity index is 0.000000197. The summed E-state index contributed by atoms with van der Waals surface area (Å²) in [5, 5.41) is 0. The average Bonchev–Trinajstić information content (AvgIpc) is 3.02. The van der Waals surface area contributed by atoms with Gasteiger partial charge in [-0.3, -0.25) is 41.8 Å². The Labute approximate surface area is 245 Å². The summed E-state index contributed by atoms with van der Waals surface area (Å²) in [7, 11) is 8.40. The maximum atomic E-state index is 12.2. The van der Waals surface area contributed by atoms with Gasteiger partial charge >= 0.3 is 17.1 Å². The van der Waals surface area contributed by atoms with E-state index >= 15 is 0 Å². The predicted octanol–water partition coefficient (Wildman–Crippen LogP) is -1.28. The minimum Gasteiger partial charge on any atom is -0.383 e. The number of aryl methyl sites for hydroxylation is 2. The number of thioether (sulfide) groups is 1. The van der Waals surface area contributed by atoms with Crippen LogP contribution in [0.25, 0.3) is 22.3 Å². The highest BCUT2D eigenvalue weighted by atomic mass is 32.2. The van der Waals surface area contributed by atoms with E-state index in [1.165, 1.54) is 46.9 Å². The number of fused-ring (bicyclic) bond motifs is 2. The van der Waals surface area contributed by atoms with E-state index in [9.17, 15) is 28.8 Å². The molecule has 4 aromatic heterocycles. The summed E-state index contributed by atoms with van der Waals surface area (Å²) < 4.78 is 6.25. The van der Waals surface area contributed by atoms with Crippen LogP contribution in [0.4, 0.5) is 11.5 Å². The van der Waals surface area contributed by atoms with Crippen LogP contribution in [0.1, 0.15) is 5.56 Å². The molecule has 0 spiro atoms. The molecule has 0 radical (unpaired) electrons. The van der Waals surface area contributed by atoms with E-state index in [-0.39, 0.29) is 33.8 Å². The molecule has 0 fully saturated rings. The summed E-state index contributed by atoms with van der Waals surface area (Å²) in [6.45, 7) is 0. The van der Waals surface area contributed by atoms with Crippen LogP contribution in [0.5, 0.6) is 0 Å². The van der Waals surface area contributed by atoms with Crippen molar-refractivity contribution in [2.45, 2.75) is 4.90 Å². The Hall–Kier alpha value is -5.32. The summed E-state index contributed by atoms with van der Waals surface area (Å²) in [6.07, 6.45) is 3.55. The van der Waals surface area contributed by atoms with Gasteiger partial charge in [-0.1, -0.05) is 18.2 Å². The minimum atomic E-state index is -0.650. The van der Waals surface area contributed by atoms with E-state index in [4.69, 9.17) is 5.73 Å². The molecule has 0 atom stereocenters. The minimum absolute atomic E-state index is 0.0175. The molecule has 16 nitrogen and oxygen atoms in total. The monoisotopic (exact) mass is 608 g/mol. The molecule has 5 aromatic rings. The first kappa shape index (κ1) is 30.6. The van der Waals surface area contributed by atoms with E-state index in [1.54, 1.807) is 18.0 Å². The zero-order valence-electron chi connectivity index (χ0n) is 24.3. The van der Waals surface area contributed by atoms with Crippen LogP contribution in [0.3, 0.4) is 0 Å². The van der Waals surface area contributed by atoms with Crippen LogP contribution in [-0.2, 0) is 42.3 Å². The largest absolute Gasteiger partial charge is 0.383 e. The van der Waals surface area contributed by atoms with E-state index in [0.29, 0.717) is 0 Å². The normalized spacial score (nSPS) is 11.3. The van der Waals surface area contributed by atoms with Crippen molar-refractivity contribution in [3.8, 4) is 0 Å². The number of benzene rings is 1. The van der Waals surface area contributed by atoms with Gasteiger partial charge in [0.25, 0.3) is 16.7 Å². The zero-order chi connectivity index (χ0) is 31.9. The Kier molecular flexibility index (Phi) is 8.20. The number of nitrogens with zero attached hydrogens (tertiary/aromatic N) is 9. The van der Waals surface area contributed by atoms with Crippen LogP contribution in [0.2, 0.25) is 0 Å². The fraction of sp³-hybridized carbons (Fsp3) is 0.269. The lowest BCUT2D eigenvalue weighted by atomic mass is 10.2. The van der Waals surface area contributed by atoms with E-state index < -0.39 is 33.7 Å². The molecule has 0 bridgehead atoms. The molecule has 0 aliphatic carbocycles. The number of hydrogen-bond donors (Lipinski definition) is 1. The Morgan fingerprint density at radius 2 is 1.14 bits per heavy atom. The molecule has 5 rings (SSSR count). The van der Waals surface area contributed by atoms with E-state index in [1.807, 2.05) is 30.5 Å². The Bertz CT molecular complexity index is 2250. The molecule has 1 aromatic carbocycles. The van der Waals surface area contributed by atoms with Crippen molar-refractivity contribution in [3.05, 3.63) is 92.3 Å². The molecule has 0 unspecified atom stereocenters. The summed E-state index contributed by atoms with van der Waals surface area (Å²) >= 11 is 1.59. The number of nitrogens with two attached hydrogens (primary N) is 1. The lowest BCUT2D eigenvalue weighted by molar-refractivity contribution is 0.691. The molecule has 0 aliphatic rings. The van der Waals surface area contributed by atoms with Crippen LogP contribution in [0, 0.1) is 0 Å². The second kappa shape index (κ2) is 11.5. The molecule has 17 heteroatoms. The van der Waals surface area contributed by atoms with E-state index in [2.05, 4.69) is 15.0 Å². The van der Waals surface area contributed by atoms with Crippen LogP contribution >= 0.6 is 11.8 Å². The first-order valence-electron chi connectivity index (χ1n) is 12.5. The molecule has 43 heavy (non-hydrogen) atoms. The molecule has 0 aliphatic heterocycles. The quantitative estimate of drug-likeness (QED) is 0.146. The molecule has 0 saturated heterocycles. The van der Waals surface area contributed by atoms with Gasteiger partial charge in [-0.25, -0.2) is 29.3 Å². The number of hydrogen-bond acceptors (Lipinski definition) is 11. The summed E-state index contributed by atoms with van der Waals surface area (Å²) in [5.41, 5.74) is 3.18. The summed E-state index contributed by atoms with van der Waals surface area (Å²) in [4.78, 5) is 85.4. The van der Waals surface area contributed by atoms with Gasteiger partial charge < -0.3 is 5.73 Å². The van der Waals surface area contributed by atoms with Gasteiger partial charge in [0.15, 0.2) is 28.0 Å². The van der Waals surface area contributed by atoms with Gasteiger partial charge in [0, 0.05) is 59.0 Å². The van der Waals surface area contributed by atoms with E-state index in [0.717, 1.165) is 33.3 Å². The third-order valence-corrected chi connectivity index (χ3v) is 7.62. The molecule has 224 valence electrons. The number of nitrogen functional groups attached to an aromatic ring is 1. The smallest absolute Gasteiger partial charge is 0.332 e. The van der Waals surface area contributed by atoms with Crippen molar-refractivity contribution in [2.24, 2.45) is 47.3 Å². The standard InChI is InChI=1S/C14H16N4O2S.C12H12N6O4/c1-17-12(15)11(13(19)18(2)14(17)20)16-8-9-6-4-5-7-10(9)21-3;1-15-7-5(9(19)17(3)11(15)21)13-6-8(14-7)16(2)12(22)18(4)10(6)20/h4-8H,15H2,1-3H3;1-4H3. The molecule has 0 saturated carbocycles. The van der Waals surface area contributed by atoms with Crippen molar-refractivity contribution in [1.29, 1.82) is 0 Å². The number of aliphatic imine (C=N–C) groups is 1. The van der Waals surface area contributed by atoms with Gasteiger partial charge in [-0.2, -0.15) is 0 Å². The SMILES string of the molecule is CSc1ccccc1C=Nc1c(N)n(C)c(=O)n(C)c1=O.Cn1c(=O)c2nc3c(=O)n(C)c(=O)n(C)c3nc2n(C)c1=O. The fourth-order valence-corrected chi connectivity index (χ4v) is 4.74. The number of rotatable bonds is 3. The van der Waals surface area contributed by atoms with Gasteiger partial charge in [-0.05, 0) is 12.3 Å². The Morgan fingerprint density at radius 3 is 1.65 bits per heavy atom. The van der Waals surface area contributed by atoms with Crippen molar-refractivity contribution < 1.29 is 0 Å². The topological polar surface area (TPSA) is 196 Å². The van der Waals surface area contributed by atoms with Gasteiger partial charge in [-0.15, -0.1) is 11.8 Å². The van der Waals surface area contributed by atoms with Gasteiger partial charge in [0.1, 0.15) is 5.82 Å². The van der Waals surface area contributed by atoms with Gasteiger partial charge in [0.2, 0.25) is 0 Å². The zero-order valence-corrected chi connectivity index (χ0v) is 25.2. The first-order chi connectivity index (χ1) is 20.2. The molecule has 0 amide bonds. The summed E-state index contributed by atoms with van der Waals surface area (Å²) in [6, 6.07) is 7.69. The molecular weight excluding hydrogens is 580 g/mol. The third kappa shape index (κ3) is 5.14. The highest BCUT2D eigenvalue weighted by molar-refractivity contribution is 7.98. The molecule has 4 heterocycles. The first-order valence-corrected chi connectivity index (χ1v) is 13.7. The van der Waals surface area contributed by atoms with Crippen molar-refractivity contribution in [1.82, 2.24) is 37.4 Å². The molecule has 2 N–H and O–H groups in total. The highest BCUT2D eigenvalue weighted by Gasteiger charge is 2.17. The molecular formula is C26H28N10O6S. The Morgan fingerprint density at radius 1 is 0.674 bits per heavy atom. The average molecular weight is 609 g/mol. The lowest BCUT2D eigenvalue weighted by Gasteiger charge is -2.09. The van der Waals surface area contributed by atoms with Crippen molar-refractivity contribution in [3.63, 3.8) is 0 Å².